The summed E-state index contributed by atoms with van der Waals surface area (Å²) in [6, 6.07) is 9.81. The largest absolute Gasteiger partial charge is 0.378 e. The highest BCUT2D eigenvalue weighted by Gasteiger charge is 2.14. The second kappa shape index (κ2) is 7.53. The minimum Gasteiger partial charge on any atom is -0.378 e. The first-order valence-corrected chi connectivity index (χ1v) is 8.76. The zero-order valence-electron chi connectivity index (χ0n) is 14.4. The number of carbonyl (C=O) groups is 1. The van der Waals surface area contributed by atoms with Crippen molar-refractivity contribution in [2.45, 2.75) is 13.0 Å². The van der Waals surface area contributed by atoms with Crippen molar-refractivity contribution in [1.29, 1.82) is 0 Å². The van der Waals surface area contributed by atoms with Crippen LogP contribution in [0.5, 0.6) is 0 Å². The average molecular weight is 351 g/mol. The van der Waals surface area contributed by atoms with Gasteiger partial charge in [0.15, 0.2) is 0 Å². The van der Waals surface area contributed by atoms with Crippen molar-refractivity contribution < 1.29 is 9.53 Å². The van der Waals surface area contributed by atoms with Crippen LogP contribution >= 0.6 is 0 Å². The molecule has 1 aliphatic rings. The van der Waals surface area contributed by atoms with Crippen LogP contribution in [-0.4, -0.2) is 47.2 Å². The Hall–Kier alpha value is -2.93. The van der Waals surface area contributed by atoms with E-state index in [2.05, 4.69) is 25.2 Å². The van der Waals surface area contributed by atoms with Crippen LogP contribution in [-0.2, 0) is 22.5 Å². The Kier molecular flexibility index (Phi) is 4.79. The summed E-state index contributed by atoms with van der Waals surface area (Å²) in [7, 11) is 0. The molecular formula is C19H21N5O2. The van der Waals surface area contributed by atoms with Crippen LogP contribution in [0.2, 0.25) is 0 Å². The van der Waals surface area contributed by atoms with Crippen LogP contribution in [0.15, 0.2) is 42.7 Å². The van der Waals surface area contributed by atoms with E-state index in [0.29, 0.717) is 32.1 Å². The minimum atomic E-state index is -0.0266. The fourth-order valence-electron chi connectivity index (χ4n) is 3.10. The van der Waals surface area contributed by atoms with E-state index in [1.807, 2.05) is 36.5 Å². The number of aromatic nitrogens is 3. The third-order valence-electron chi connectivity index (χ3n) is 4.49. The van der Waals surface area contributed by atoms with Crippen molar-refractivity contribution in [1.82, 2.24) is 20.3 Å². The first-order chi connectivity index (χ1) is 12.8. The van der Waals surface area contributed by atoms with Gasteiger partial charge in [0.1, 0.15) is 0 Å². The fraction of sp³-hybridized carbons (Fsp3) is 0.316. The number of hydrogen-bond acceptors (Lipinski definition) is 5. The van der Waals surface area contributed by atoms with Gasteiger partial charge in [-0.05, 0) is 17.7 Å². The second-order valence-corrected chi connectivity index (χ2v) is 6.26. The van der Waals surface area contributed by atoms with Gasteiger partial charge in [0.25, 0.3) is 0 Å². The van der Waals surface area contributed by atoms with Crippen LogP contribution < -0.4 is 10.2 Å². The molecule has 3 heterocycles. The van der Waals surface area contributed by atoms with Crippen LogP contribution in [0.1, 0.15) is 11.3 Å². The van der Waals surface area contributed by atoms with E-state index >= 15 is 0 Å². The molecule has 0 bridgehead atoms. The van der Waals surface area contributed by atoms with Crippen LogP contribution in [0.3, 0.4) is 0 Å². The van der Waals surface area contributed by atoms with Crippen LogP contribution in [0.25, 0.3) is 10.9 Å². The van der Waals surface area contributed by atoms with Crippen molar-refractivity contribution in [2.24, 2.45) is 0 Å². The second-order valence-electron chi connectivity index (χ2n) is 6.26. The quantitative estimate of drug-likeness (QED) is 0.730. The lowest BCUT2D eigenvalue weighted by molar-refractivity contribution is -0.120. The summed E-state index contributed by atoms with van der Waals surface area (Å²) in [5.41, 5.74) is 2.84. The average Bonchev–Trinajstić information content (AvgIpc) is 3.10. The lowest BCUT2D eigenvalue weighted by Gasteiger charge is -2.26. The molecule has 1 saturated heterocycles. The topological polar surface area (TPSA) is 83.1 Å². The molecule has 2 N–H and O–H groups in total. The highest BCUT2D eigenvalue weighted by molar-refractivity contribution is 5.88. The van der Waals surface area contributed by atoms with E-state index in [9.17, 15) is 4.79 Å². The van der Waals surface area contributed by atoms with Crippen LogP contribution in [0.4, 0.5) is 5.95 Å². The molecule has 0 saturated carbocycles. The number of nitrogens with one attached hydrogen (secondary N) is 2. The molecule has 7 nitrogen and oxygen atoms in total. The van der Waals surface area contributed by atoms with Crippen molar-refractivity contribution in [2.75, 3.05) is 31.2 Å². The maximum absolute atomic E-state index is 12.3. The van der Waals surface area contributed by atoms with E-state index in [4.69, 9.17) is 4.74 Å². The number of carbonyl (C=O) groups excluding carboxylic acids is 1. The first-order valence-electron chi connectivity index (χ1n) is 8.76. The third kappa shape index (κ3) is 3.67. The number of fused-ring (bicyclic) bond motifs is 1. The number of hydrogen-bond donors (Lipinski definition) is 2. The van der Waals surface area contributed by atoms with Gasteiger partial charge in [-0.15, -0.1) is 0 Å². The van der Waals surface area contributed by atoms with E-state index in [-0.39, 0.29) is 5.91 Å². The number of para-hydroxylation sites is 1. The Labute approximate surface area is 151 Å². The highest BCUT2D eigenvalue weighted by Crippen LogP contribution is 2.18. The van der Waals surface area contributed by atoms with E-state index in [0.717, 1.165) is 35.2 Å². The molecule has 3 aromatic rings. The van der Waals surface area contributed by atoms with Gasteiger partial charge in [-0.3, -0.25) is 4.79 Å². The summed E-state index contributed by atoms with van der Waals surface area (Å²) in [6.45, 7) is 3.34. The van der Waals surface area contributed by atoms with Crippen molar-refractivity contribution in [3.8, 4) is 0 Å². The smallest absolute Gasteiger partial charge is 0.225 e. The van der Waals surface area contributed by atoms with Gasteiger partial charge in [0.2, 0.25) is 11.9 Å². The van der Waals surface area contributed by atoms with Gasteiger partial charge in [-0.1, -0.05) is 18.2 Å². The zero-order valence-corrected chi connectivity index (χ0v) is 14.4. The summed E-state index contributed by atoms with van der Waals surface area (Å²) in [5.74, 6) is 0.665. The first kappa shape index (κ1) is 16.5. The zero-order chi connectivity index (χ0) is 17.8. The number of anilines is 1. The van der Waals surface area contributed by atoms with E-state index in [1.165, 1.54) is 0 Å². The van der Waals surface area contributed by atoms with Crippen LogP contribution in [0, 0.1) is 0 Å². The molecule has 1 aromatic carbocycles. The molecule has 0 spiro atoms. The third-order valence-corrected chi connectivity index (χ3v) is 4.49. The molecule has 1 fully saturated rings. The molecule has 1 aliphatic heterocycles. The minimum absolute atomic E-state index is 0.0266. The maximum Gasteiger partial charge on any atom is 0.225 e. The molecule has 0 unspecified atom stereocenters. The molecule has 0 radical (unpaired) electrons. The number of H-pyrrole nitrogens is 1. The normalized spacial score (nSPS) is 14.5. The summed E-state index contributed by atoms with van der Waals surface area (Å²) >= 11 is 0. The molecule has 1 amide bonds. The van der Waals surface area contributed by atoms with Gasteiger partial charge < -0.3 is 19.9 Å². The monoisotopic (exact) mass is 351 g/mol. The number of aromatic amines is 1. The molecule has 4 rings (SSSR count). The van der Waals surface area contributed by atoms with E-state index < -0.39 is 0 Å². The lowest BCUT2D eigenvalue weighted by Crippen LogP contribution is -2.37. The lowest BCUT2D eigenvalue weighted by atomic mass is 10.1. The van der Waals surface area contributed by atoms with Gasteiger partial charge in [0.05, 0.1) is 31.9 Å². The predicted octanol–water partition coefficient (Wildman–Crippen LogP) is 1.65. The summed E-state index contributed by atoms with van der Waals surface area (Å²) in [4.78, 5) is 26.5. The molecule has 2 aromatic heterocycles. The molecule has 0 aliphatic carbocycles. The Morgan fingerprint density at radius 1 is 1.23 bits per heavy atom. The van der Waals surface area contributed by atoms with Gasteiger partial charge in [-0.25, -0.2) is 9.97 Å². The summed E-state index contributed by atoms with van der Waals surface area (Å²) in [6.07, 6.45) is 3.97. The molecular weight excluding hydrogens is 330 g/mol. The fourth-order valence-corrected chi connectivity index (χ4v) is 3.10. The Morgan fingerprint density at radius 2 is 2.08 bits per heavy atom. The standard InChI is InChI=1S/C19H21N5O2/c25-18(11-14-12-21-17-4-2-1-3-16(14)17)22-13-15-5-6-20-19(23-15)24-7-9-26-10-8-24/h1-6,12,21H,7-11,13H2,(H,22,25). The SMILES string of the molecule is O=C(Cc1c[nH]c2ccccc12)NCc1ccnc(N2CCOCC2)n1. The molecule has 7 heteroatoms. The Morgan fingerprint density at radius 3 is 2.96 bits per heavy atom. The maximum atomic E-state index is 12.3. The number of benzene rings is 1. The molecule has 26 heavy (non-hydrogen) atoms. The predicted molar refractivity (Wildman–Crippen MR) is 98.9 cm³/mol. The van der Waals surface area contributed by atoms with Crippen molar-refractivity contribution in [3.63, 3.8) is 0 Å². The highest BCUT2D eigenvalue weighted by atomic mass is 16.5. The summed E-state index contributed by atoms with van der Waals surface area (Å²) < 4.78 is 5.35. The Bertz CT molecular complexity index is 902. The van der Waals surface area contributed by atoms with Crippen molar-refractivity contribution in [3.05, 3.63) is 54.0 Å². The molecule has 0 atom stereocenters. The number of morpholine rings is 1. The number of amides is 1. The summed E-state index contributed by atoms with van der Waals surface area (Å²) in [5, 5.41) is 4.03. The van der Waals surface area contributed by atoms with Gasteiger partial charge in [-0.2, -0.15) is 0 Å². The Balaban J connectivity index is 1.37. The molecule has 134 valence electrons. The van der Waals surface area contributed by atoms with E-state index in [1.54, 1.807) is 6.20 Å². The number of rotatable bonds is 5. The number of ether oxygens (including phenoxy) is 1. The van der Waals surface area contributed by atoms with Gasteiger partial charge in [0, 0.05) is 36.4 Å². The number of nitrogens with zero attached hydrogens (tertiary/aromatic N) is 3. The van der Waals surface area contributed by atoms with Gasteiger partial charge >= 0.3 is 0 Å². The van der Waals surface area contributed by atoms with Crippen molar-refractivity contribution >= 4 is 22.8 Å².